The van der Waals surface area contributed by atoms with Crippen molar-refractivity contribution in [2.24, 2.45) is 0 Å². The average molecular weight is 242 g/mol. The first-order chi connectivity index (χ1) is 8.76. The second-order valence-corrected chi connectivity index (χ2v) is 4.31. The van der Waals surface area contributed by atoms with E-state index in [2.05, 4.69) is 18.7 Å². The summed E-state index contributed by atoms with van der Waals surface area (Å²) in [4.78, 5) is 0. The SMILES string of the molecule is C=CC/C(O)=C\C1=CCCc2c(OC)cccc21. The topological polar surface area (TPSA) is 29.5 Å². The highest BCUT2D eigenvalue weighted by Gasteiger charge is 2.15. The number of methoxy groups -OCH3 is 1. The Morgan fingerprint density at radius 2 is 2.33 bits per heavy atom. The van der Waals surface area contributed by atoms with E-state index in [0.717, 1.165) is 29.7 Å². The first-order valence-corrected chi connectivity index (χ1v) is 6.13. The molecule has 0 aromatic heterocycles. The van der Waals surface area contributed by atoms with E-state index in [-0.39, 0.29) is 0 Å². The normalized spacial score (nSPS) is 14.7. The first-order valence-electron chi connectivity index (χ1n) is 6.13. The molecule has 1 aromatic rings. The fourth-order valence-electron chi connectivity index (χ4n) is 2.29. The summed E-state index contributed by atoms with van der Waals surface area (Å²) >= 11 is 0. The molecule has 0 bridgehead atoms. The standard InChI is InChI=1S/C16H18O2/c1-3-6-13(17)11-12-7-4-9-15-14(12)8-5-10-16(15)18-2/h3,5,7-8,10-11,17H,1,4,6,9H2,2H3/b13-11+. The Bertz CT molecular complexity index is 510. The van der Waals surface area contributed by atoms with E-state index in [0.29, 0.717) is 12.2 Å². The molecule has 0 spiro atoms. The van der Waals surface area contributed by atoms with Crippen LogP contribution in [0.15, 0.2) is 48.8 Å². The van der Waals surface area contributed by atoms with E-state index >= 15 is 0 Å². The summed E-state index contributed by atoms with van der Waals surface area (Å²) < 4.78 is 5.39. The lowest BCUT2D eigenvalue weighted by Gasteiger charge is -2.18. The quantitative estimate of drug-likeness (QED) is 0.637. The predicted molar refractivity (Wildman–Crippen MR) is 74.8 cm³/mol. The van der Waals surface area contributed by atoms with Crippen LogP contribution < -0.4 is 4.74 Å². The van der Waals surface area contributed by atoms with E-state index in [1.807, 2.05) is 18.2 Å². The summed E-state index contributed by atoms with van der Waals surface area (Å²) in [6, 6.07) is 6.03. The van der Waals surface area contributed by atoms with E-state index in [1.54, 1.807) is 13.2 Å². The van der Waals surface area contributed by atoms with Gasteiger partial charge in [-0.15, -0.1) is 6.58 Å². The van der Waals surface area contributed by atoms with Crippen LogP contribution in [0.3, 0.4) is 0 Å². The summed E-state index contributed by atoms with van der Waals surface area (Å²) in [6.07, 6.45) is 8.12. The van der Waals surface area contributed by atoms with Crippen molar-refractivity contribution in [2.45, 2.75) is 19.3 Å². The number of ether oxygens (including phenoxy) is 1. The van der Waals surface area contributed by atoms with Crippen molar-refractivity contribution in [3.63, 3.8) is 0 Å². The highest BCUT2D eigenvalue weighted by molar-refractivity contribution is 5.79. The van der Waals surface area contributed by atoms with Gasteiger partial charge >= 0.3 is 0 Å². The van der Waals surface area contributed by atoms with Crippen LogP contribution in [0, 0.1) is 0 Å². The zero-order valence-corrected chi connectivity index (χ0v) is 10.6. The minimum absolute atomic E-state index is 0.340. The molecule has 0 fully saturated rings. The molecular formula is C16H18O2. The van der Waals surface area contributed by atoms with Crippen molar-refractivity contribution < 1.29 is 9.84 Å². The maximum Gasteiger partial charge on any atom is 0.122 e. The largest absolute Gasteiger partial charge is 0.512 e. The van der Waals surface area contributed by atoms with E-state index in [1.165, 1.54) is 5.56 Å². The van der Waals surface area contributed by atoms with Gasteiger partial charge in [0.2, 0.25) is 0 Å². The Labute approximate surface area is 108 Å². The van der Waals surface area contributed by atoms with Gasteiger partial charge in [-0.1, -0.05) is 24.3 Å². The molecule has 1 aromatic carbocycles. The molecule has 0 amide bonds. The summed E-state index contributed by atoms with van der Waals surface area (Å²) in [5.74, 6) is 1.27. The van der Waals surface area contributed by atoms with E-state index in [4.69, 9.17) is 4.74 Å². The monoisotopic (exact) mass is 242 g/mol. The molecule has 1 N–H and O–H groups in total. The van der Waals surface area contributed by atoms with Crippen LogP contribution in [-0.2, 0) is 6.42 Å². The van der Waals surface area contributed by atoms with Crippen LogP contribution in [0.2, 0.25) is 0 Å². The Morgan fingerprint density at radius 1 is 1.50 bits per heavy atom. The third kappa shape index (κ3) is 2.48. The minimum Gasteiger partial charge on any atom is -0.512 e. The number of aliphatic hydroxyl groups is 1. The second kappa shape index (κ2) is 5.58. The Balaban J connectivity index is 2.40. The third-order valence-electron chi connectivity index (χ3n) is 3.10. The zero-order chi connectivity index (χ0) is 13.0. The van der Waals surface area contributed by atoms with Crippen molar-refractivity contribution in [2.75, 3.05) is 7.11 Å². The summed E-state index contributed by atoms with van der Waals surface area (Å²) in [5.41, 5.74) is 3.44. The number of hydrogen-bond acceptors (Lipinski definition) is 2. The van der Waals surface area contributed by atoms with Gasteiger partial charge in [-0.25, -0.2) is 0 Å². The van der Waals surface area contributed by atoms with E-state index < -0.39 is 0 Å². The molecule has 2 rings (SSSR count). The summed E-state index contributed by atoms with van der Waals surface area (Å²) in [7, 11) is 1.69. The third-order valence-corrected chi connectivity index (χ3v) is 3.10. The smallest absolute Gasteiger partial charge is 0.122 e. The van der Waals surface area contributed by atoms with Gasteiger partial charge in [-0.3, -0.25) is 0 Å². The molecule has 1 aliphatic rings. The van der Waals surface area contributed by atoms with Gasteiger partial charge < -0.3 is 9.84 Å². The molecule has 2 heteroatoms. The van der Waals surface area contributed by atoms with Crippen molar-refractivity contribution in [3.05, 3.63) is 59.9 Å². The van der Waals surface area contributed by atoms with Crippen molar-refractivity contribution in [1.82, 2.24) is 0 Å². The zero-order valence-electron chi connectivity index (χ0n) is 10.6. The van der Waals surface area contributed by atoms with Gasteiger partial charge in [0.05, 0.1) is 12.9 Å². The number of allylic oxidation sites excluding steroid dienone is 4. The molecule has 0 unspecified atom stereocenters. The van der Waals surface area contributed by atoms with Gasteiger partial charge in [-0.2, -0.15) is 0 Å². The van der Waals surface area contributed by atoms with Crippen LogP contribution in [0.4, 0.5) is 0 Å². The molecule has 0 saturated carbocycles. The lowest BCUT2D eigenvalue weighted by molar-refractivity contribution is 0.401. The van der Waals surface area contributed by atoms with Crippen LogP contribution in [0.5, 0.6) is 5.75 Å². The molecule has 0 aliphatic heterocycles. The molecule has 94 valence electrons. The minimum atomic E-state index is 0.340. The lowest BCUT2D eigenvalue weighted by Crippen LogP contribution is -2.02. The van der Waals surface area contributed by atoms with Crippen LogP contribution in [0.25, 0.3) is 5.57 Å². The fourth-order valence-corrected chi connectivity index (χ4v) is 2.29. The summed E-state index contributed by atoms with van der Waals surface area (Å²) in [5, 5.41) is 9.77. The summed E-state index contributed by atoms with van der Waals surface area (Å²) in [6.45, 7) is 3.63. The fraction of sp³-hybridized carbons (Fsp3) is 0.250. The Morgan fingerprint density at radius 3 is 3.06 bits per heavy atom. The maximum atomic E-state index is 9.77. The van der Waals surface area contributed by atoms with Crippen LogP contribution in [-0.4, -0.2) is 12.2 Å². The van der Waals surface area contributed by atoms with Crippen molar-refractivity contribution in [1.29, 1.82) is 0 Å². The van der Waals surface area contributed by atoms with Crippen molar-refractivity contribution in [3.8, 4) is 5.75 Å². The average Bonchev–Trinajstić information content (AvgIpc) is 2.38. The number of hydrogen-bond donors (Lipinski definition) is 1. The van der Waals surface area contributed by atoms with E-state index in [9.17, 15) is 5.11 Å². The Hall–Kier alpha value is -1.96. The molecular weight excluding hydrogens is 224 g/mol. The molecule has 1 aliphatic carbocycles. The van der Waals surface area contributed by atoms with Gasteiger partial charge in [0.15, 0.2) is 0 Å². The first kappa shape index (κ1) is 12.5. The number of aliphatic hydroxyl groups excluding tert-OH is 1. The lowest BCUT2D eigenvalue weighted by atomic mass is 9.89. The number of fused-ring (bicyclic) bond motifs is 1. The molecule has 0 radical (unpaired) electrons. The molecule has 2 nitrogen and oxygen atoms in total. The van der Waals surface area contributed by atoms with Crippen LogP contribution in [0.1, 0.15) is 24.0 Å². The van der Waals surface area contributed by atoms with Gasteiger partial charge in [0.25, 0.3) is 0 Å². The molecule has 18 heavy (non-hydrogen) atoms. The predicted octanol–water partition coefficient (Wildman–Crippen LogP) is 4.04. The molecule has 0 saturated heterocycles. The molecule has 0 heterocycles. The second-order valence-electron chi connectivity index (χ2n) is 4.31. The van der Waals surface area contributed by atoms with Gasteiger partial charge in [0, 0.05) is 12.0 Å². The van der Waals surface area contributed by atoms with Gasteiger partial charge in [0.1, 0.15) is 5.75 Å². The highest BCUT2D eigenvalue weighted by atomic mass is 16.5. The molecule has 0 atom stereocenters. The van der Waals surface area contributed by atoms with Crippen LogP contribution >= 0.6 is 0 Å². The highest BCUT2D eigenvalue weighted by Crippen LogP contribution is 2.33. The maximum absolute atomic E-state index is 9.77. The Kier molecular flexibility index (Phi) is 3.88. The number of rotatable bonds is 4. The van der Waals surface area contributed by atoms with Gasteiger partial charge in [-0.05, 0) is 36.1 Å². The number of benzene rings is 1. The van der Waals surface area contributed by atoms with Crippen molar-refractivity contribution >= 4 is 5.57 Å².